The summed E-state index contributed by atoms with van der Waals surface area (Å²) in [6.45, 7) is 4.52. The number of carbonyl (C=O) groups is 1. The van der Waals surface area contributed by atoms with Crippen LogP contribution in [0.5, 0.6) is 0 Å². The number of hydrogen-bond donors (Lipinski definition) is 0. The number of nitrogens with zero attached hydrogens (tertiary/aromatic N) is 5. The largest absolute Gasteiger partial charge is 0.347 e. The Morgan fingerprint density at radius 3 is 2.81 bits per heavy atom. The van der Waals surface area contributed by atoms with E-state index < -0.39 is 0 Å². The predicted octanol–water partition coefficient (Wildman–Crippen LogP) is 2.73. The monoisotopic (exact) mass is 403 g/mol. The van der Waals surface area contributed by atoms with E-state index in [-0.39, 0.29) is 17.5 Å². The number of thiophene rings is 1. The molecule has 1 saturated heterocycles. The molecule has 9 heteroatoms. The number of carbonyl (C=O) groups excluding carboxylic acids is 1. The summed E-state index contributed by atoms with van der Waals surface area (Å²) in [6.07, 6.45) is 4.26. The van der Waals surface area contributed by atoms with E-state index in [1.165, 1.54) is 39.5 Å². The van der Waals surface area contributed by atoms with Crippen molar-refractivity contribution in [3.8, 4) is 0 Å². The van der Waals surface area contributed by atoms with Crippen molar-refractivity contribution in [2.75, 3.05) is 24.5 Å². The van der Waals surface area contributed by atoms with Crippen molar-refractivity contribution < 1.29 is 4.79 Å². The molecule has 3 aromatic rings. The third-order valence-corrected chi connectivity index (χ3v) is 6.63. The highest BCUT2D eigenvalue weighted by Gasteiger charge is 2.29. The number of hydrogen-bond acceptors (Lipinski definition) is 7. The van der Waals surface area contributed by atoms with Gasteiger partial charge in [0.25, 0.3) is 11.5 Å². The fourth-order valence-electron chi connectivity index (χ4n) is 3.46. The molecule has 142 valence electrons. The number of piperidine rings is 1. The third kappa shape index (κ3) is 3.61. The molecule has 4 rings (SSSR count). The lowest BCUT2D eigenvalue weighted by Gasteiger charge is -2.38. The molecule has 0 aliphatic carbocycles. The fraction of sp³-hybridized carbons (Fsp3) is 0.444. The van der Waals surface area contributed by atoms with Gasteiger partial charge >= 0.3 is 0 Å². The van der Waals surface area contributed by atoms with Gasteiger partial charge in [-0.3, -0.25) is 9.59 Å². The maximum atomic E-state index is 12.9. The van der Waals surface area contributed by atoms with Crippen LogP contribution in [0.3, 0.4) is 0 Å². The zero-order chi connectivity index (χ0) is 18.8. The molecule has 0 saturated carbocycles. The van der Waals surface area contributed by atoms with Crippen LogP contribution in [-0.4, -0.2) is 51.1 Å². The third-order valence-electron chi connectivity index (χ3n) is 4.79. The number of aromatic nitrogens is 3. The smallest absolute Gasteiger partial charge is 0.275 e. The fourth-order valence-corrected chi connectivity index (χ4v) is 5.07. The average Bonchev–Trinajstić information content (AvgIpc) is 3.36. The second kappa shape index (κ2) is 7.77. The van der Waals surface area contributed by atoms with E-state index in [4.69, 9.17) is 0 Å². The Balaban J connectivity index is 1.47. The van der Waals surface area contributed by atoms with Gasteiger partial charge in [-0.15, -0.1) is 16.4 Å². The highest BCUT2D eigenvalue weighted by atomic mass is 32.1. The Morgan fingerprint density at radius 1 is 1.33 bits per heavy atom. The lowest BCUT2D eigenvalue weighted by atomic mass is 10.0. The number of anilines is 1. The molecule has 7 nitrogen and oxygen atoms in total. The van der Waals surface area contributed by atoms with Crippen LogP contribution in [0, 0.1) is 0 Å². The Hall–Kier alpha value is -2.26. The van der Waals surface area contributed by atoms with E-state index in [2.05, 4.69) is 21.9 Å². The standard InChI is InChI=1S/C18H21N5O2S2/c1-2-9-22(16(25)14-4-3-12-26-14)13-6-10-21(11-7-13)18-20-23-15(24)5-8-19-17(23)27-18/h3-5,8,12-13H,2,6-7,9-11H2,1H3. The van der Waals surface area contributed by atoms with Gasteiger partial charge in [0.2, 0.25) is 10.1 Å². The zero-order valence-corrected chi connectivity index (χ0v) is 16.7. The molecule has 1 aliphatic heterocycles. The van der Waals surface area contributed by atoms with Gasteiger partial charge in [0.15, 0.2) is 0 Å². The predicted molar refractivity (Wildman–Crippen MR) is 108 cm³/mol. The molecule has 1 fully saturated rings. The van der Waals surface area contributed by atoms with Crippen molar-refractivity contribution >= 4 is 38.7 Å². The van der Waals surface area contributed by atoms with Crippen molar-refractivity contribution in [1.29, 1.82) is 0 Å². The van der Waals surface area contributed by atoms with Crippen molar-refractivity contribution in [2.24, 2.45) is 0 Å². The molecule has 1 amide bonds. The van der Waals surface area contributed by atoms with E-state index in [0.717, 1.165) is 48.9 Å². The molecule has 1 aliphatic rings. The first-order valence-corrected chi connectivity index (χ1v) is 10.8. The minimum Gasteiger partial charge on any atom is -0.347 e. The van der Waals surface area contributed by atoms with Gasteiger partial charge in [-0.05, 0) is 30.7 Å². The van der Waals surface area contributed by atoms with E-state index in [9.17, 15) is 9.59 Å². The van der Waals surface area contributed by atoms with E-state index in [1.54, 1.807) is 0 Å². The second-order valence-electron chi connectivity index (χ2n) is 6.56. The van der Waals surface area contributed by atoms with Crippen LogP contribution in [0.2, 0.25) is 0 Å². The topological polar surface area (TPSA) is 70.8 Å². The second-order valence-corrected chi connectivity index (χ2v) is 8.44. The summed E-state index contributed by atoms with van der Waals surface area (Å²) in [4.78, 5) is 34.6. The summed E-state index contributed by atoms with van der Waals surface area (Å²) in [5.74, 6) is 0.140. The normalized spacial score (nSPS) is 15.4. The Morgan fingerprint density at radius 2 is 2.15 bits per heavy atom. The Kier molecular flexibility index (Phi) is 5.22. The molecule has 27 heavy (non-hydrogen) atoms. The van der Waals surface area contributed by atoms with Crippen LogP contribution in [0.15, 0.2) is 34.6 Å². The number of fused-ring (bicyclic) bond motifs is 1. The molecular weight excluding hydrogens is 382 g/mol. The van der Waals surface area contributed by atoms with Crippen LogP contribution in [0.4, 0.5) is 5.13 Å². The minimum absolute atomic E-state index is 0.140. The van der Waals surface area contributed by atoms with Gasteiger partial charge in [-0.25, -0.2) is 4.98 Å². The quantitative estimate of drug-likeness (QED) is 0.655. The maximum absolute atomic E-state index is 12.9. The summed E-state index contributed by atoms with van der Waals surface area (Å²) in [6, 6.07) is 5.48. The van der Waals surface area contributed by atoms with Crippen molar-refractivity contribution in [3.05, 3.63) is 45.0 Å². The molecule has 0 unspecified atom stereocenters. The van der Waals surface area contributed by atoms with E-state index >= 15 is 0 Å². The van der Waals surface area contributed by atoms with Gasteiger partial charge in [-0.1, -0.05) is 24.3 Å². The highest BCUT2D eigenvalue weighted by molar-refractivity contribution is 7.20. The molecule has 3 aromatic heterocycles. The number of amides is 1. The SMILES string of the molecule is CCCN(C(=O)c1cccs1)C1CCN(c2nn3c(=O)ccnc3s2)CC1. The first kappa shape index (κ1) is 18.1. The van der Waals surface area contributed by atoms with Gasteiger partial charge in [0.1, 0.15) is 0 Å². The lowest BCUT2D eigenvalue weighted by Crippen LogP contribution is -2.47. The van der Waals surface area contributed by atoms with E-state index in [0.29, 0.717) is 4.96 Å². The van der Waals surface area contributed by atoms with Crippen molar-refractivity contribution in [3.63, 3.8) is 0 Å². The molecular formula is C18H21N5O2S2. The van der Waals surface area contributed by atoms with Crippen LogP contribution < -0.4 is 10.5 Å². The average molecular weight is 404 g/mol. The Bertz CT molecular complexity index is 973. The first-order chi connectivity index (χ1) is 13.2. The van der Waals surface area contributed by atoms with E-state index in [1.807, 2.05) is 22.4 Å². The summed E-state index contributed by atoms with van der Waals surface area (Å²) >= 11 is 2.93. The summed E-state index contributed by atoms with van der Waals surface area (Å²) in [5, 5.41) is 7.19. The molecule has 0 N–H and O–H groups in total. The molecule has 0 bridgehead atoms. The minimum atomic E-state index is -0.159. The van der Waals surface area contributed by atoms with Crippen LogP contribution >= 0.6 is 22.7 Å². The zero-order valence-electron chi connectivity index (χ0n) is 15.1. The van der Waals surface area contributed by atoms with Crippen molar-refractivity contribution in [1.82, 2.24) is 19.5 Å². The maximum Gasteiger partial charge on any atom is 0.275 e. The first-order valence-electron chi connectivity index (χ1n) is 9.11. The van der Waals surface area contributed by atoms with Gasteiger partial charge in [-0.2, -0.15) is 4.52 Å². The number of rotatable bonds is 5. The molecule has 4 heterocycles. The highest BCUT2D eigenvalue weighted by Crippen LogP contribution is 2.27. The van der Waals surface area contributed by atoms with Gasteiger partial charge < -0.3 is 9.80 Å². The van der Waals surface area contributed by atoms with Gasteiger partial charge in [0.05, 0.1) is 4.88 Å². The Labute approximate surface area is 164 Å². The van der Waals surface area contributed by atoms with Crippen LogP contribution in [0.25, 0.3) is 4.96 Å². The lowest BCUT2D eigenvalue weighted by molar-refractivity contribution is 0.0655. The molecule has 0 atom stereocenters. The summed E-state index contributed by atoms with van der Waals surface area (Å²) < 4.78 is 1.36. The summed E-state index contributed by atoms with van der Waals surface area (Å²) in [5.41, 5.74) is -0.159. The molecule has 0 aromatic carbocycles. The van der Waals surface area contributed by atoms with Crippen LogP contribution in [0.1, 0.15) is 35.9 Å². The van der Waals surface area contributed by atoms with Crippen LogP contribution in [-0.2, 0) is 0 Å². The summed E-state index contributed by atoms with van der Waals surface area (Å²) in [7, 11) is 0. The molecule has 0 spiro atoms. The van der Waals surface area contributed by atoms with Crippen molar-refractivity contribution in [2.45, 2.75) is 32.2 Å². The van der Waals surface area contributed by atoms with Gasteiger partial charge in [0, 0.05) is 37.9 Å². The molecule has 0 radical (unpaired) electrons.